The van der Waals surface area contributed by atoms with Crippen LogP contribution in [0.2, 0.25) is 0 Å². The highest BCUT2D eigenvalue weighted by Gasteiger charge is 2.30. The van der Waals surface area contributed by atoms with E-state index in [1.165, 1.54) is 4.31 Å². The monoisotopic (exact) mass is 437 g/mol. The smallest absolute Gasteiger partial charge is 0.252 e. The fourth-order valence-corrected chi connectivity index (χ4v) is 4.82. The first-order valence-corrected chi connectivity index (χ1v) is 10.6. The molecule has 1 saturated heterocycles. The van der Waals surface area contributed by atoms with E-state index in [0.717, 1.165) is 36.8 Å². The van der Waals surface area contributed by atoms with E-state index in [2.05, 4.69) is 5.32 Å². The molecule has 2 aromatic rings. The zero-order chi connectivity index (χ0) is 21.9. The van der Waals surface area contributed by atoms with Crippen molar-refractivity contribution in [2.24, 2.45) is 0 Å². The molecule has 3 rings (SSSR count). The third kappa shape index (κ3) is 4.47. The molecule has 1 N–H and O–H groups in total. The number of piperidine rings is 1. The van der Waals surface area contributed by atoms with Gasteiger partial charge in [-0.05, 0) is 37.1 Å². The molecule has 0 aromatic heterocycles. The van der Waals surface area contributed by atoms with Gasteiger partial charge in [0.1, 0.15) is 28.4 Å². The summed E-state index contributed by atoms with van der Waals surface area (Å²) in [7, 11) is -4.13. The normalized spacial score (nSPS) is 15.9. The van der Waals surface area contributed by atoms with Gasteiger partial charge in [0.25, 0.3) is 5.91 Å². The average molecular weight is 437 g/mol. The fourth-order valence-electron chi connectivity index (χ4n) is 3.22. The second-order valence-electron chi connectivity index (χ2n) is 6.81. The van der Waals surface area contributed by atoms with Gasteiger partial charge in [0, 0.05) is 30.3 Å². The fraction of sp³-hybridized carbons (Fsp3) is 0.300. The van der Waals surface area contributed by atoms with Crippen LogP contribution in [0, 0.1) is 28.8 Å². The van der Waals surface area contributed by atoms with Crippen LogP contribution < -0.4 is 5.32 Å². The lowest BCUT2D eigenvalue weighted by atomic mass is 10.1. The number of rotatable bonds is 5. The molecule has 1 heterocycles. The summed E-state index contributed by atoms with van der Waals surface area (Å²) >= 11 is 0. The van der Waals surface area contributed by atoms with Gasteiger partial charge in [-0.2, -0.15) is 9.57 Å². The Morgan fingerprint density at radius 1 is 1.03 bits per heavy atom. The van der Waals surface area contributed by atoms with Crippen molar-refractivity contribution < 1.29 is 26.4 Å². The van der Waals surface area contributed by atoms with Crippen LogP contribution in [0.15, 0.2) is 41.3 Å². The van der Waals surface area contributed by atoms with Crippen molar-refractivity contribution in [2.75, 3.05) is 13.1 Å². The molecule has 1 aliphatic heterocycles. The van der Waals surface area contributed by atoms with Crippen LogP contribution in [0.3, 0.4) is 0 Å². The standard InChI is InChI=1S/C20H18F3N3O3S/c21-14-5-6-15(17(23)11-14)18(12-24)25-20(27)13-4-7-16(22)19(10-13)30(28,29)26-8-2-1-3-9-26/h4-7,10-11,18H,1-3,8-9H2,(H,25,27). The number of halogens is 3. The van der Waals surface area contributed by atoms with Gasteiger partial charge in [0.2, 0.25) is 10.0 Å². The molecule has 2 aromatic carbocycles. The highest BCUT2D eigenvalue weighted by molar-refractivity contribution is 7.89. The highest BCUT2D eigenvalue weighted by Crippen LogP contribution is 2.25. The van der Waals surface area contributed by atoms with Gasteiger partial charge in [-0.3, -0.25) is 4.79 Å². The van der Waals surface area contributed by atoms with Crippen molar-refractivity contribution in [1.82, 2.24) is 9.62 Å². The number of nitrogens with zero attached hydrogens (tertiary/aromatic N) is 2. The SMILES string of the molecule is N#CC(NC(=O)c1ccc(F)c(S(=O)(=O)N2CCCCC2)c1)c1ccc(F)cc1F. The Kier molecular flexibility index (Phi) is 6.43. The quantitative estimate of drug-likeness (QED) is 0.777. The zero-order valence-electron chi connectivity index (χ0n) is 15.7. The number of carbonyl (C=O) groups is 1. The lowest BCUT2D eigenvalue weighted by Crippen LogP contribution is -2.36. The molecular formula is C20H18F3N3O3S. The van der Waals surface area contributed by atoms with Gasteiger partial charge < -0.3 is 5.32 Å². The van der Waals surface area contributed by atoms with Crippen LogP contribution in [0.4, 0.5) is 13.2 Å². The minimum atomic E-state index is -4.13. The molecule has 30 heavy (non-hydrogen) atoms. The summed E-state index contributed by atoms with van der Waals surface area (Å²) in [6.45, 7) is 0.525. The second-order valence-corrected chi connectivity index (χ2v) is 8.72. The third-order valence-electron chi connectivity index (χ3n) is 4.80. The molecule has 0 bridgehead atoms. The Hall–Kier alpha value is -2.90. The van der Waals surface area contributed by atoms with Crippen molar-refractivity contribution in [3.8, 4) is 6.07 Å². The highest BCUT2D eigenvalue weighted by atomic mass is 32.2. The molecule has 6 nitrogen and oxygen atoms in total. The van der Waals surface area contributed by atoms with Gasteiger partial charge in [0.15, 0.2) is 0 Å². The van der Waals surface area contributed by atoms with Gasteiger partial charge in [-0.15, -0.1) is 0 Å². The Morgan fingerprint density at radius 3 is 2.37 bits per heavy atom. The van der Waals surface area contributed by atoms with E-state index in [9.17, 15) is 31.6 Å². The van der Waals surface area contributed by atoms with Crippen LogP contribution in [0.5, 0.6) is 0 Å². The van der Waals surface area contributed by atoms with E-state index in [1.807, 2.05) is 0 Å². The van der Waals surface area contributed by atoms with E-state index in [-0.39, 0.29) is 24.2 Å². The first kappa shape index (κ1) is 21.8. The predicted octanol–water partition coefficient (Wildman–Crippen LogP) is 3.27. The van der Waals surface area contributed by atoms with Gasteiger partial charge in [-0.25, -0.2) is 21.6 Å². The van der Waals surface area contributed by atoms with Crippen molar-refractivity contribution >= 4 is 15.9 Å². The minimum absolute atomic E-state index is 0.213. The van der Waals surface area contributed by atoms with E-state index in [0.29, 0.717) is 18.9 Å². The van der Waals surface area contributed by atoms with Crippen molar-refractivity contribution in [3.05, 3.63) is 65.0 Å². The molecule has 1 fully saturated rings. The predicted molar refractivity (Wildman–Crippen MR) is 101 cm³/mol. The van der Waals surface area contributed by atoms with Crippen molar-refractivity contribution in [3.63, 3.8) is 0 Å². The van der Waals surface area contributed by atoms with Gasteiger partial charge >= 0.3 is 0 Å². The number of hydrogen-bond acceptors (Lipinski definition) is 4. The molecular weight excluding hydrogens is 419 g/mol. The first-order chi connectivity index (χ1) is 14.2. The maximum absolute atomic E-state index is 14.3. The number of benzene rings is 2. The summed E-state index contributed by atoms with van der Waals surface area (Å²) in [5, 5.41) is 11.5. The molecule has 1 unspecified atom stereocenters. The largest absolute Gasteiger partial charge is 0.332 e. The Balaban J connectivity index is 1.88. The molecule has 1 atom stereocenters. The minimum Gasteiger partial charge on any atom is -0.332 e. The number of hydrogen-bond donors (Lipinski definition) is 1. The Labute approximate surface area is 172 Å². The zero-order valence-corrected chi connectivity index (χ0v) is 16.6. The average Bonchev–Trinajstić information content (AvgIpc) is 2.73. The molecule has 0 spiro atoms. The topological polar surface area (TPSA) is 90.3 Å². The molecule has 158 valence electrons. The second kappa shape index (κ2) is 8.85. The van der Waals surface area contributed by atoms with E-state index < -0.39 is 44.3 Å². The summed E-state index contributed by atoms with van der Waals surface area (Å²) in [5.74, 6) is -3.77. The summed E-state index contributed by atoms with van der Waals surface area (Å²) in [6.07, 6.45) is 2.20. The number of nitriles is 1. The van der Waals surface area contributed by atoms with E-state index >= 15 is 0 Å². The van der Waals surface area contributed by atoms with Crippen molar-refractivity contribution in [1.29, 1.82) is 5.26 Å². The molecule has 0 saturated carbocycles. The van der Waals surface area contributed by atoms with Crippen LogP contribution in [0.1, 0.15) is 41.2 Å². The summed E-state index contributed by atoms with van der Waals surface area (Å²) < 4.78 is 68.0. The Morgan fingerprint density at radius 2 is 1.73 bits per heavy atom. The molecule has 1 amide bonds. The van der Waals surface area contributed by atoms with Crippen molar-refractivity contribution in [2.45, 2.75) is 30.2 Å². The molecule has 0 aliphatic carbocycles. The summed E-state index contributed by atoms with van der Waals surface area (Å²) in [5.41, 5.74) is -0.467. The van der Waals surface area contributed by atoms with Crippen LogP contribution >= 0.6 is 0 Å². The maximum atomic E-state index is 14.3. The molecule has 10 heteroatoms. The lowest BCUT2D eigenvalue weighted by Gasteiger charge is -2.26. The molecule has 1 aliphatic rings. The van der Waals surface area contributed by atoms with Gasteiger partial charge in [0.05, 0.1) is 6.07 Å². The van der Waals surface area contributed by atoms with Gasteiger partial charge in [-0.1, -0.05) is 12.5 Å². The van der Waals surface area contributed by atoms with Crippen LogP contribution in [0.25, 0.3) is 0 Å². The maximum Gasteiger partial charge on any atom is 0.252 e. The third-order valence-corrected chi connectivity index (χ3v) is 6.72. The summed E-state index contributed by atoms with van der Waals surface area (Å²) in [6, 6.07) is 5.59. The Bertz CT molecular complexity index is 1110. The molecule has 0 radical (unpaired) electrons. The number of nitrogens with one attached hydrogen (secondary N) is 1. The van der Waals surface area contributed by atoms with E-state index in [1.54, 1.807) is 6.07 Å². The summed E-state index contributed by atoms with van der Waals surface area (Å²) in [4.78, 5) is 11.9. The number of amides is 1. The van der Waals surface area contributed by atoms with Crippen LogP contribution in [-0.4, -0.2) is 31.7 Å². The number of sulfonamides is 1. The first-order valence-electron chi connectivity index (χ1n) is 9.19. The lowest BCUT2D eigenvalue weighted by molar-refractivity contribution is 0.0944. The van der Waals surface area contributed by atoms with E-state index in [4.69, 9.17) is 0 Å². The van der Waals surface area contributed by atoms with Crippen LogP contribution in [-0.2, 0) is 10.0 Å². The number of carbonyl (C=O) groups excluding carboxylic acids is 1.